The molecule has 3 nitrogen and oxygen atoms in total. The van der Waals surface area contributed by atoms with E-state index < -0.39 is 0 Å². The standard InChI is InChI=1S/C11H22N2O/c1-13(7-9-5-11(14)6-9)8-10-3-2-4-12-10/h9-12,14H,2-8H2,1H3. The molecule has 3 heteroatoms. The summed E-state index contributed by atoms with van der Waals surface area (Å²) in [5.74, 6) is 0.747. The Morgan fingerprint density at radius 1 is 1.36 bits per heavy atom. The lowest BCUT2D eigenvalue weighted by Gasteiger charge is -2.35. The molecule has 82 valence electrons. The number of rotatable bonds is 4. The molecule has 1 aliphatic carbocycles. The predicted octanol–water partition coefficient (Wildman–Crippen LogP) is 0.441. The number of aliphatic hydroxyl groups excluding tert-OH is 1. The first-order chi connectivity index (χ1) is 6.74. The number of likely N-dealkylation sites (N-methyl/N-ethyl adjacent to an activating group) is 1. The fourth-order valence-corrected chi connectivity index (χ4v) is 2.65. The first-order valence-corrected chi connectivity index (χ1v) is 5.84. The molecule has 2 N–H and O–H groups in total. The van der Waals surface area contributed by atoms with Gasteiger partial charge in [0.05, 0.1) is 6.10 Å². The average Bonchev–Trinajstić information content (AvgIpc) is 2.54. The molecule has 0 amide bonds. The van der Waals surface area contributed by atoms with E-state index in [9.17, 15) is 5.11 Å². The molecule has 1 heterocycles. The smallest absolute Gasteiger partial charge is 0.0546 e. The molecule has 0 aromatic heterocycles. The van der Waals surface area contributed by atoms with Crippen LogP contribution in [0.2, 0.25) is 0 Å². The van der Waals surface area contributed by atoms with E-state index in [1.807, 2.05) is 0 Å². The van der Waals surface area contributed by atoms with Crippen LogP contribution in [0.1, 0.15) is 25.7 Å². The second-order valence-corrected chi connectivity index (χ2v) is 5.01. The molecule has 2 aliphatic rings. The highest BCUT2D eigenvalue weighted by atomic mass is 16.3. The van der Waals surface area contributed by atoms with E-state index in [1.165, 1.54) is 25.9 Å². The van der Waals surface area contributed by atoms with Crippen molar-refractivity contribution in [2.45, 2.75) is 37.8 Å². The summed E-state index contributed by atoms with van der Waals surface area (Å²) in [5.41, 5.74) is 0. The molecule has 1 saturated carbocycles. The Morgan fingerprint density at radius 3 is 2.71 bits per heavy atom. The summed E-state index contributed by atoms with van der Waals surface area (Å²) < 4.78 is 0. The van der Waals surface area contributed by atoms with Crippen molar-refractivity contribution in [3.63, 3.8) is 0 Å². The lowest BCUT2D eigenvalue weighted by Crippen LogP contribution is -2.41. The molecule has 0 bridgehead atoms. The molecule has 0 aromatic carbocycles. The van der Waals surface area contributed by atoms with Gasteiger partial charge in [0.25, 0.3) is 0 Å². The van der Waals surface area contributed by atoms with Crippen LogP contribution in [0, 0.1) is 5.92 Å². The van der Waals surface area contributed by atoms with Gasteiger partial charge in [-0.05, 0) is 45.2 Å². The third-order valence-corrected chi connectivity index (χ3v) is 3.48. The fraction of sp³-hybridized carbons (Fsp3) is 1.00. The first-order valence-electron chi connectivity index (χ1n) is 5.84. The van der Waals surface area contributed by atoms with E-state index >= 15 is 0 Å². The Hall–Kier alpha value is -0.120. The van der Waals surface area contributed by atoms with Gasteiger partial charge in [-0.2, -0.15) is 0 Å². The Kier molecular flexibility index (Phi) is 3.42. The van der Waals surface area contributed by atoms with Crippen LogP contribution in [0.25, 0.3) is 0 Å². The third-order valence-electron chi connectivity index (χ3n) is 3.48. The van der Waals surface area contributed by atoms with E-state index in [-0.39, 0.29) is 6.10 Å². The van der Waals surface area contributed by atoms with E-state index in [2.05, 4.69) is 17.3 Å². The Bertz CT molecular complexity index is 174. The van der Waals surface area contributed by atoms with Gasteiger partial charge in [0.15, 0.2) is 0 Å². The third kappa shape index (κ3) is 2.69. The molecule has 0 radical (unpaired) electrons. The van der Waals surface area contributed by atoms with Gasteiger partial charge >= 0.3 is 0 Å². The number of nitrogens with one attached hydrogen (secondary N) is 1. The summed E-state index contributed by atoms with van der Waals surface area (Å²) in [6.45, 7) is 3.53. The molecule has 0 aromatic rings. The van der Waals surface area contributed by atoms with Crippen LogP contribution in [0.4, 0.5) is 0 Å². The van der Waals surface area contributed by atoms with Crippen molar-refractivity contribution in [1.82, 2.24) is 10.2 Å². The highest BCUT2D eigenvalue weighted by molar-refractivity contribution is 4.83. The highest BCUT2D eigenvalue weighted by Crippen LogP contribution is 2.27. The average molecular weight is 198 g/mol. The van der Waals surface area contributed by atoms with Gasteiger partial charge in [-0.1, -0.05) is 0 Å². The molecule has 1 saturated heterocycles. The maximum absolute atomic E-state index is 9.18. The number of aliphatic hydroxyl groups is 1. The van der Waals surface area contributed by atoms with Crippen LogP contribution in [0.15, 0.2) is 0 Å². The van der Waals surface area contributed by atoms with E-state index in [4.69, 9.17) is 0 Å². The van der Waals surface area contributed by atoms with Crippen molar-refractivity contribution in [3.8, 4) is 0 Å². The summed E-state index contributed by atoms with van der Waals surface area (Å²) in [6, 6.07) is 0.713. The minimum Gasteiger partial charge on any atom is -0.393 e. The van der Waals surface area contributed by atoms with E-state index in [0.717, 1.165) is 25.3 Å². The topological polar surface area (TPSA) is 35.5 Å². The predicted molar refractivity (Wildman–Crippen MR) is 57.3 cm³/mol. The Labute approximate surface area is 86.5 Å². The second kappa shape index (κ2) is 4.60. The highest BCUT2D eigenvalue weighted by Gasteiger charge is 2.28. The van der Waals surface area contributed by atoms with Gasteiger partial charge in [0, 0.05) is 19.1 Å². The zero-order valence-corrected chi connectivity index (χ0v) is 9.08. The molecule has 1 aliphatic heterocycles. The van der Waals surface area contributed by atoms with Gasteiger partial charge in [-0.15, -0.1) is 0 Å². The lowest BCUT2D eigenvalue weighted by atomic mass is 9.82. The van der Waals surface area contributed by atoms with Crippen molar-refractivity contribution in [2.24, 2.45) is 5.92 Å². The van der Waals surface area contributed by atoms with Crippen LogP contribution in [0.5, 0.6) is 0 Å². The van der Waals surface area contributed by atoms with Crippen LogP contribution in [-0.4, -0.2) is 48.8 Å². The van der Waals surface area contributed by atoms with Crippen LogP contribution >= 0.6 is 0 Å². The lowest BCUT2D eigenvalue weighted by molar-refractivity contribution is 0.0275. The maximum Gasteiger partial charge on any atom is 0.0546 e. The van der Waals surface area contributed by atoms with Gasteiger partial charge in [0.2, 0.25) is 0 Å². The summed E-state index contributed by atoms with van der Waals surface area (Å²) in [7, 11) is 2.20. The van der Waals surface area contributed by atoms with Crippen LogP contribution < -0.4 is 5.32 Å². The zero-order chi connectivity index (χ0) is 9.97. The van der Waals surface area contributed by atoms with Gasteiger partial charge in [0.1, 0.15) is 0 Å². The summed E-state index contributed by atoms with van der Waals surface area (Å²) in [6.07, 6.45) is 4.70. The molecule has 2 fully saturated rings. The van der Waals surface area contributed by atoms with Crippen molar-refractivity contribution in [1.29, 1.82) is 0 Å². The second-order valence-electron chi connectivity index (χ2n) is 5.01. The van der Waals surface area contributed by atoms with Crippen molar-refractivity contribution in [3.05, 3.63) is 0 Å². The van der Waals surface area contributed by atoms with Gasteiger partial charge in [-0.25, -0.2) is 0 Å². The molecule has 0 spiro atoms. The molecule has 14 heavy (non-hydrogen) atoms. The number of hydrogen-bond acceptors (Lipinski definition) is 3. The summed E-state index contributed by atoms with van der Waals surface area (Å²) in [5, 5.41) is 12.7. The minimum atomic E-state index is -0.00185. The first kappa shape index (κ1) is 10.4. The Morgan fingerprint density at radius 2 is 2.14 bits per heavy atom. The number of nitrogens with zero attached hydrogens (tertiary/aromatic N) is 1. The van der Waals surface area contributed by atoms with Gasteiger partial charge in [-0.3, -0.25) is 0 Å². The summed E-state index contributed by atoms with van der Waals surface area (Å²) >= 11 is 0. The molecular formula is C11H22N2O. The van der Waals surface area contributed by atoms with Crippen LogP contribution in [0.3, 0.4) is 0 Å². The molecule has 2 rings (SSSR count). The molecule has 1 atom stereocenters. The molecule has 1 unspecified atom stereocenters. The minimum absolute atomic E-state index is 0.00185. The zero-order valence-electron chi connectivity index (χ0n) is 9.08. The van der Waals surface area contributed by atoms with Crippen molar-refractivity contribution < 1.29 is 5.11 Å². The molecular weight excluding hydrogens is 176 g/mol. The van der Waals surface area contributed by atoms with Gasteiger partial charge < -0.3 is 15.3 Å². The van der Waals surface area contributed by atoms with Crippen molar-refractivity contribution in [2.75, 3.05) is 26.7 Å². The van der Waals surface area contributed by atoms with Crippen molar-refractivity contribution >= 4 is 0 Å². The maximum atomic E-state index is 9.18. The fourth-order valence-electron chi connectivity index (χ4n) is 2.65. The summed E-state index contributed by atoms with van der Waals surface area (Å²) in [4.78, 5) is 2.42. The van der Waals surface area contributed by atoms with Crippen LogP contribution in [-0.2, 0) is 0 Å². The quantitative estimate of drug-likeness (QED) is 0.688. The monoisotopic (exact) mass is 198 g/mol. The van der Waals surface area contributed by atoms with E-state index in [1.54, 1.807) is 0 Å². The SMILES string of the molecule is CN(CC1CC(O)C1)CC1CCCN1. The largest absolute Gasteiger partial charge is 0.393 e. The normalized spacial score (nSPS) is 37.5. The number of hydrogen-bond donors (Lipinski definition) is 2. The van der Waals surface area contributed by atoms with E-state index in [0.29, 0.717) is 6.04 Å². The Balaban J connectivity index is 1.60.